The summed E-state index contributed by atoms with van der Waals surface area (Å²) in [6.07, 6.45) is 6.88. The van der Waals surface area contributed by atoms with Crippen molar-refractivity contribution in [1.82, 2.24) is 4.90 Å². The van der Waals surface area contributed by atoms with Crippen LogP contribution in [-0.4, -0.2) is 40.8 Å². The van der Waals surface area contributed by atoms with E-state index in [1.807, 2.05) is 0 Å². The van der Waals surface area contributed by atoms with Crippen LogP contribution in [0.5, 0.6) is 0 Å². The molecule has 0 radical (unpaired) electrons. The first kappa shape index (κ1) is 18.0. The maximum atomic E-state index is 12.9. The Morgan fingerprint density at radius 3 is 2.83 bits per heavy atom. The number of esters is 1. The number of amides is 1. The van der Waals surface area contributed by atoms with Crippen molar-refractivity contribution in [2.24, 2.45) is 17.8 Å². The van der Waals surface area contributed by atoms with Crippen molar-refractivity contribution in [3.05, 3.63) is 0 Å². The first-order chi connectivity index (χ1) is 11.4. The molecule has 3 heterocycles. The Bertz CT molecular complexity index is 509. The first-order valence-electron chi connectivity index (χ1n) is 9.43. The average molecular weight is 356 g/mol. The molecule has 0 aromatic heterocycles. The summed E-state index contributed by atoms with van der Waals surface area (Å²) >= 11 is 6.83. The number of rotatable bonds is 4. The van der Waals surface area contributed by atoms with Crippen LogP contribution in [0.4, 0.5) is 0 Å². The molecule has 3 aliphatic heterocycles. The quantitative estimate of drug-likeness (QED) is 0.570. The lowest BCUT2D eigenvalue weighted by Gasteiger charge is -2.53. The minimum atomic E-state index is -0.184. The third-order valence-electron chi connectivity index (χ3n) is 6.77. The maximum absolute atomic E-state index is 12.9. The van der Waals surface area contributed by atoms with E-state index in [-0.39, 0.29) is 28.8 Å². The molecule has 0 aliphatic carbocycles. The fourth-order valence-corrected chi connectivity index (χ4v) is 6.40. The number of carbonyl (C=O) groups excluding carboxylic acids is 2. The fraction of sp³-hybridized carbons (Fsp3) is 0.895. The smallest absolute Gasteiger partial charge is 0.305 e. The van der Waals surface area contributed by atoms with Crippen molar-refractivity contribution in [2.75, 3.05) is 7.11 Å². The van der Waals surface area contributed by atoms with Crippen LogP contribution in [-0.2, 0) is 14.3 Å². The summed E-state index contributed by atoms with van der Waals surface area (Å²) in [5.41, 5.74) is -0.0411. The van der Waals surface area contributed by atoms with Gasteiger partial charge in [-0.2, -0.15) is 0 Å². The highest BCUT2D eigenvalue weighted by atomic mass is 35.5. The van der Waals surface area contributed by atoms with Gasteiger partial charge in [-0.05, 0) is 56.3 Å². The van der Waals surface area contributed by atoms with Gasteiger partial charge in [0.25, 0.3) is 0 Å². The van der Waals surface area contributed by atoms with Crippen LogP contribution in [0.1, 0.15) is 65.2 Å². The number of piperidine rings is 1. The van der Waals surface area contributed by atoms with E-state index in [1.165, 1.54) is 7.11 Å². The van der Waals surface area contributed by atoms with Gasteiger partial charge < -0.3 is 9.64 Å². The third kappa shape index (κ3) is 2.85. The molecule has 1 amide bonds. The minimum Gasteiger partial charge on any atom is -0.469 e. The number of carbonyl (C=O) groups is 2. The highest BCUT2D eigenvalue weighted by molar-refractivity contribution is 6.21. The zero-order valence-electron chi connectivity index (χ0n) is 15.1. The van der Waals surface area contributed by atoms with Gasteiger partial charge in [-0.1, -0.05) is 13.8 Å². The molecular weight excluding hydrogens is 326 g/mol. The lowest BCUT2D eigenvalue weighted by molar-refractivity contribution is -0.145. The second-order valence-corrected chi connectivity index (χ2v) is 8.78. The van der Waals surface area contributed by atoms with Crippen molar-refractivity contribution in [1.29, 1.82) is 0 Å². The lowest BCUT2D eigenvalue weighted by Crippen LogP contribution is -2.62. The summed E-state index contributed by atoms with van der Waals surface area (Å²) in [7, 11) is 1.42. The molecule has 0 saturated carbocycles. The van der Waals surface area contributed by atoms with Crippen molar-refractivity contribution in [3.63, 3.8) is 0 Å². The number of methoxy groups -OCH3 is 1. The van der Waals surface area contributed by atoms with Crippen molar-refractivity contribution in [2.45, 2.75) is 82.2 Å². The van der Waals surface area contributed by atoms with Gasteiger partial charge in [0.2, 0.25) is 5.91 Å². The molecule has 3 fully saturated rings. The Labute approximate surface area is 150 Å². The van der Waals surface area contributed by atoms with Gasteiger partial charge in [0.05, 0.1) is 7.11 Å². The molecule has 2 bridgehead atoms. The Morgan fingerprint density at radius 1 is 1.42 bits per heavy atom. The molecule has 5 heteroatoms. The molecule has 0 aromatic rings. The molecular formula is C19H30ClNO3. The molecule has 0 aromatic carbocycles. The van der Waals surface area contributed by atoms with Gasteiger partial charge in [0, 0.05) is 29.8 Å². The molecule has 24 heavy (non-hydrogen) atoms. The van der Waals surface area contributed by atoms with Gasteiger partial charge in [-0.15, -0.1) is 11.6 Å². The van der Waals surface area contributed by atoms with E-state index in [9.17, 15) is 9.59 Å². The highest BCUT2D eigenvalue weighted by Gasteiger charge is 2.60. The van der Waals surface area contributed by atoms with E-state index in [0.29, 0.717) is 30.6 Å². The molecule has 5 atom stereocenters. The summed E-state index contributed by atoms with van der Waals surface area (Å²) in [4.78, 5) is 26.7. The SMILES string of the molecule is COC(=O)CC[C@@H]1[C@H]2CC[C@]3(C[C@@H]1Cl)[C@@H](C(C)C)CCCC(=O)N23. The molecule has 0 N–H and O–H groups in total. The Balaban J connectivity index is 1.88. The maximum Gasteiger partial charge on any atom is 0.305 e. The predicted molar refractivity (Wildman–Crippen MR) is 93.8 cm³/mol. The van der Waals surface area contributed by atoms with Crippen LogP contribution < -0.4 is 0 Å². The largest absolute Gasteiger partial charge is 0.469 e. The number of alkyl halides is 1. The van der Waals surface area contributed by atoms with Gasteiger partial charge in [-0.25, -0.2) is 0 Å². The monoisotopic (exact) mass is 355 g/mol. The van der Waals surface area contributed by atoms with Crippen LogP contribution in [0.3, 0.4) is 0 Å². The zero-order valence-corrected chi connectivity index (χ0v) is 15.8. The molecule has 3 saturated heterocycles. The Kier molecular flexibility index (Phi) is 5.15. The van der Waals surface area contributed by atoms with E-state index in [4.69, 9.17) is 16.3 Å². The van der Waals surface area contributed by atoms with E-state index in [1.54, 1.807) is 0 Å². The van der Waals surface area contributed by atoms with E-state index in [0.717, 1.165) is 38.5 Å². The Morgan fingerprint density at radius 2 is 2.17 bits per heavy atom. The lowest BCUT2D eigenvalue weighted by atomic mass is 9.69. The fourth-order valence-electron chi connectivity index (χ4n) is 5.84. The topological polar surface area (TPSA) is 46.6 Å². The van der Waals surface area contributed by atoms with E-state index < -0.39 is 0 Å². The van der Waals surface area contributed by atoms with Crippen molar-refractivity contribution in [3.8, 4) is 0 Å². The van der Waals surface area contributed by atoms with Crippen LogP contribution in [0, 0.1) is 17.8 Å². The molecule has 0 unspecified atom stereocenters. The van der Waals surface area contributed by atoms with Gasteiger partial charge >= 0.3 is 5.97 Å². The molecule has 0 spiro atoms. The second kappa shape index (κ2) is 6.86. The van der Waals surface area contributed by atoms with Crippen LogP contribution in [0.2, 0.25) is 0 Å². The van der Waals surface area contributed by atoms with Crippen molar-refractivity contribution >= 4 is 23.5 Å². The average Bonchev–Trinajstić information content (AvgIpc) is 2.74. The zero-order chi connectivity index (χ0) is 17.5. The van der Waals surface area contributed by atoms with Gasteiger partial charge in [0.15, 0.2) is 0 Å². The highest BCUT2D eigenvalue weighted by Crippen LogP contribution is 2.56. The molecule has 3 aliphatic rings. The van der Waals surface area contributed by atoms with E-state index >= 15 is 0 Å². The van der Waals surface area contributed by atoms with Gasteiger partial charge in [0.1, 0.15) is 0 Å². The van der Waals surface area contributed by atoms with Crippen LogP contribution in [0.15, 0.2) is 0 Å². The van der Waals surface area contributed by atoms with Crippen LogP contribution >= 0.6 is 11.6 Å². The summed E-state index contributed by atoms with van der Waals surface area (Å²) in [6, 6.07) is 0.206. The van der Waals surface area contributed by atoms with E-state index in [2.05, 4.69) is 18.7 Å². The number of hydrogen-bond donors (Lipinski definition) is 0. The minimum absolute atomic E-state index is 0.0411. The number of hydrogen-bond acceptors (Lipinski definition) is 3. The summed E-state index contributed by atoms with van der Waals surface area (Å²) < 4.78 is 4.79. The van der Waals surface area contributed by atoms with Crippen LogP contribution in [0.25, 0.3) is 0 Å². The predicted octanol–water partition coefficient (Wildman–Crippen LogP) is 3.75. The standard InChI is InChI=1S/C19H30ClNO3/c1-12(2)14-5-4-6-17(22)21-16-9-10-19(14,21)11-15(20)13(16)7-8-18(23)24-3/h12-16H,4-11H2,1-3H3/t13-,14+,15-,16+,19-/m0/s1. The van der Waals surface area contributed by atoms with Gasteiger partial charge in [-0.3, -0.25) is 9.59 Å². The summed E-state index contributed by atoms with van der Waals surface area (Å²) in [5, 5.41) is 0.0468. The Hall–Kier alpha value is -0.770. The summed E-state index contributed by atoms with van der Waals surface area (Å²) in [5.74, 6) is 1.43. The third-order valence-corrected chi connectivity index (χ3v) is 7.25. The summed E-state index contributed by atoms with van der Waals surface area (Å²) in [6.45, 7) is 4.57. The van der Waals surface area contributed by atoms with Crippen molar-refractivity contribution < 1.29 is 14.3 Å². The first-order valence-corrected chi connectivity index (χ1v) is 9.87. The second-order valence-electron chi connectivity index (χ2n) is 8.21. The molecule has 4 nitrogen and oxygen atoms in total. The normalized spacial score (nSPS) is 38.9. The molecule has 136 valence electrons. The number of halogens is 1. The molecule has 3 rings (SSSR count). The number of nitrogens with zero attached hydrogens (tertiary/aromatic N) is 1. The number of ether oxygens (including phenoxy) is 1.